The molecule has 7 heteroatoms. The third-order valence-corrected chi connectivity index (χ3v) is 4.70. The average Bonchev–Trinajstić information content (AvgIpc) is 3.00. The zero-order valence-corrected chi connectivity index (χ0v) is 14.2. The number of aromatic nitrogens is 3. The maximum Gasteiger partial charge on any atom is 0.351 e. The molecule has 0 saturated heterocycles. The van der Waals surface area contributed by atoms with Crippen LogP contribution in [0, 0.1) is 6.92 Å². The van der Waals surface area contributed by atoms with Gasteiger partial charge in [-0.1, -0.05) is 23.7 Å². The summed E-state index contributed by atoms with van der Waals surface area (Å²) in [5.74, 6) is 0.541. The normalized spacial score (nSPS) is 15.7. The van der Waals surface area contributed by atoms with Crippen LogP contribution in [0.4, 0.5) is 5.82 Å². The number of aliphatic hydroxyl groups is 1. The minimum Gasteiger partial charge on any atom is -0.371 e. The Morgan fingerprint density at radius 3 is 2.72 bits per heavy atom. The van der Waals surface area contributed by atoms with Crippen LogP contribution < -0.4 is 11.0 Å². The Hall–Kier alpha value is -2.70. The lowest BCUT2D eigenvalue weighted by atomic mass is 9.99. The topological polar surface area (TPSA) is 80.0 Å². The second-order valence-corrected chi connectivity index (χ2v) is 6.31. The van der Waals surface area contributed by atoms with Gasteiger partial charge in [-0.15, -0.1) is 0 Å². The molecule has 3 heterocycles. The highest BCUT2D eigenvalue weighted by atomic mass is 35.5. The molecule has 6 nitrogen and oxygen atoms in total. The number of hydrogen-bond acceptors (Lipinski definition) is 5. The van der Waals surface area contributed by atoms with Crippen molar-refractivity contribution in [3.05, 3.63) is 63.8 Å². The first-order chi connectivity index (χ1) is 12.1. The smallest absolute Gasteiger partial charge is 0.351 e. The summed E-state index contributed by atoms with van der Waals surface area (Å²) in [5, 5.41) is 13.9. The van der Waals surface area contributed by atoms with Crippen molar-refractivity contribution in [1.82, 2.24) is 14.5 Å². The molecule has 1 aliphatic rings. The second-order valence-electron chi connectivity index (χ2n) is 5.90. The lowest BCUT2D eigenvalue weighted by Crippen LogP contribution is -2.25. The number of β-amino-alcohol motifs (C(OH)–C–C–N with tert-alkyl or cyclic N) is 1. The number of hydrogen-bond donors (Lipinski definition) is 2. The standard InChI is InChI=1S/C18H15ClN4O2/c1-10-2-3-12(8-13(10)19)15-16(11-4-6-20-7-5-11)22-18(25)23-14(24)9-21-17(15)23/h2-8,14,21,24H,9H2,1H3. The lowest BCUT2D eigenvalue weighted by Gasteiger charge is -2.16. The number of pyridine rings is 1. The van der Waals surface area contributed by atoms with Gasteiger partial charge in [0.15, 0.2) is 6.23 Å². The van der Waals surface area contributed by atoms with Crippen molar-refractivity contribution in [3.63, 3.8) is 0 Å². The van der Waals surface area contributed by atoms with Crippen LogP contribution in [0.25, 0.3) is 22.4 Å². The molecule has 25 heavy (non-hydrogen) atoms. The molecule has 2 N–H and O–H groups in total. The Labute approximate surface area is 148 Å². The quantitative estimate of drug-likeness (QED) is 0.739. The summed E-state index contributed by atoms with van der Waals surface area (Å²) in [4.78, 5) is 20.7. The molecular formula is C18H15ClN4O2. The lowest BCUT2D eigenvalue weighted by molar-refractivity contribution is 0.127. The first kappa shape index (κ1) is 15.8. The predicted octanol–water partition coefficient (Wildman–Crippen LogP) is 2.85. The SMILES string of the molecule is Cc1ccc(-c2c(-c3ccncc3)nc(=O)n3c2NCC3O)cc1Cl. The van der Waals surface area contributed by atoms with E-state index >= 15 is 0 Å². The number of rotatable bonds is 2. The number of halogens is 1. The van der Waals surface area contributed by atoms with Gasteiger partial charge in [0.1, 0.15) is 5.82 Å². The summed E-state index contributed by atoms with van der Waals surface area (Å²) in [6.07, 6.45) is 2.35. The van der Waals surface area contributed by atoms with E-state index in [1.54, 1.807) is 24.5 Å². The van der Waals surface area contributed by atoms with Crippen LogP contribution in [-0.4, -0.2) is 26.2 Å². The summed E-state index contributed by atoms with van der Waals surface area (Å²) < 4.78 is 1.27. The van der Waals surface area contributed by atoms with Gasteiger partial charge in [-0.05, 0) is 36.2 Å². The van der Waals surface area contributed by atoms with Crippen LogP contribution in [0.15, 0.2) is 47.5 Å². The number of anilines is 1. The summed E-state index contributed by atoms with van der Waals surface area (Å²) >= 11 is 6.30. The molecule has 1 atom stereocenters. The van der Waals surface area contributed by atoms with Crippen molar-refractivity contribution in [2.45, 2.75) is 13.2 Å². The van der Waals surface area contributed by atoms with Gasteiger partial charge in [0, 0.05) is 28.5 Å². The monoisotopic (exact) mass is 354 g/mol. The second kappa shape index (κ2) is 5.98. The average molecular weight is 355 g/mol. The minimum atomic E-state index is -0.943. The van der Waals surface area contributed by atoms with Crippen molar-refractivity contribution in [2.24, 2.45) is 0 Å². The molecule has 0 aliphatic carbocycles. The van der Waals surface area contributed by atoms with E-state index in [4.69, 9.17) is 11.6 Å². The Kier molecular flexibility index (Phi) is 3.78. The molecule has 0 radical (unpaired) electrons. The Bertz CT molecular complexity index is 1020. The summed E-state index contributed by atoms with van der Waals surface area (Å²) in [7, 11) is 0. The van der Waals surface area contributed by atoms with E-state index < -0.39 is 11.9 Å². The van der Waals surface area contributed by atoms with E-state index in [2.05, 4.69) is 15.3 Å². The van der Waals surface area contributed by atoms with Gasteiger partial charge in [-0.25, -0.2) is 9.36 Å². The van der Waals surface area contributed by atoms with Crippen molar-refractivity contribution in [3.8, 4) is 22.4 Å². The van der Waals surface area contributed by atoms with Crippen LogP contribution in [0.3, 0.4) is 0 Å². The molecule has 0 saturated carbocycles. The highest BCUT2D eigenvalue weighted by molar-refractivity contribution is 6.31. The number of benzene rings is 1. The third-order valence-electron chi connectivity index (χ3n) is 4.29. The maximum absolute atomic E-state index is 12.4. The molecule has 0 amide bonds. The van der Waals surface area contributed by atoms with Gasteiger partial charge < -0.3 is 10.4 Å². The van der Waals surface area contributed by atoms with Crippen LogP contribution in [0.5, 0.6) is 0 Å². The molecule has 0 bridgehead atoms. The van der Waals surface area contributed by atoms with Crippen LogP contribution >= 0.6 is 11.6 Å². The predicted molar refractivity (Wildman–Crippen MR) is 96.7 cm³/mol. The molecule has 0 spiro atoms. The summed E-state index contributed by atoms with van der Waals surface area (Å²) in [6, 6.07) is 9.28. The fourth-order valence-corrected chi connectivity index (χ4v) is 3.18. The van der Waals surface area contributed by atoms with Gasteiger partial charge in [-0.2, -0.15) is 4.98 Å². The first-order valence-corrected chi connectivity index (χ1v) is 8.19. The molecule has 1 unspecified atom stereocenters. The molecule has 3 aromatic rings. The largest absolute Gasteiger partial charge is 0.371 e. The molecule has 0 fully saturated rings. The maximum atomic E-state index is 12.4. The molecular weight excluding hydrogens is 340 g/mol. The van der Waals surface area contributed by atoms with Gasteiger partial charge in [0.05, 0.1) is 12.2 Å². The van der Waals surface area contributed by atoms with Crippen molar-refractivity contribution >= 4 is 17.4 Å². The number of aliphatic hydroxyl groups excluding tert-OH is 1. The van der Waals surface area contributed by atoms with Crippen LogP contribution in [0.1, 0.15) is 11.8 Å². The zero-order chi connectivity index (χ0) is 17.6. The van der Waals surface area contributed by atoms with Crippen LogP contribution in [-0.2, 0) is 0 Å². The number of nitrogens with one attached hydrogen (secondary N) is 1. The summed E-state index contributed by atoms with van der Waals surface area (Å²) in [6.45, 7) is 2.18. The molecule has 126 valence electrons. The highest BCUT2D eigenvalue weighted by Crippen LogP contribution is 2.39. The Morgan fingerprint density at radius 1 is 1.24 bits per heavy atom. The van der Waals surface area contributed by atoms with Gasteiger partial charge in [0.2, 0.25) is 0 Å². The fourth-order valence-electron chi connectivity index (χ4n) is 3.00. The van der Waals surface area contributed by atoms with Gasteiger partial charge >= 0.3 is 5.69 Å². The van der Waals surface area contributed by atoms with Crippen molar-refractivity contribution in [1.29, 1.82) is 0 Å². The van der Waals surface area contributed by atoms with E-state index in [1.807, 2.05) is 25.1 Å². The van der Waals surface area contributed by atoms with Gasteiger partial charge in [-0.3, -0.25) is 4.98 Å². The highest BCUT2D eigenvalue weighted by Gasteiger charge is 2.28. The summed E-state index contributed by atoms with van der Waals surface area (Å²) in [5.41, 5.74) is 3.30. The number of aryl methyl sites for hydroxylation is 1. The molecule has 1 aliphatic heterocycles. The zero-order valence-electron chi connectivity index (χ0n) is 13.4. The van der Waals surface area contributed by atoms with Crippen LogP contribution in [0.2, 0.25) is 5.02 Å². The Balaban J connectivity index is 2.07. The van der Waals surface area contributed by atoms with E-state index in [0.29, 0.717) is 16.5 Å². The molecule has 4 rings (SSSR count). The van der Waals surface area contributed by atoms with E-state index in [-0.39, 0.29) is 6.54 Å². The van der Waals surface area contributed by atoms with Crippen molar-refractivity contribution in [2.75, 3.05) is 11.9 Å². The molecule has 2 aromatic heterocycles. The van der Waals surface area contributed by atoms with Gasteiger partial charge in [0.25, 0.3) is 0 Å². The number of nitrogens with zero attached hydrogens (tertiary/aromatic N) is 3. The molecule has 1 aromatic carbocycles. The minimum absolute atomic E-state index is 0.253. The van der Waals surface area contributed by atoms with E-state index in [9.17, 15) is 9.90 Å². The number of fused-ring (bicyclic) bond motifs is 1. The fraction of sp³-hybridized carbons (Fsp3) is 0.167. The first-order valence-electron chi connectivity index (χ1n) is 7.81. The Morgan fingerprint density at radius 2 is 2.00 bits per heavy atom. The van der Waals surface area contributed by atoms with E-state index in [0.717, 1.165) is 22.3 Å². The van der Waals surface area contributed by atoms with E-state index in [1.165, 1.54) is 4.57 Å². The third kappa shape index (κ3) is 2.59. The van der Waals surface area contributed by atoms with Crippen molar-refractivity contribution < 1.29 is 5.11 Å².